The van der Waals surface area contributed by atoms with Crippen molar-refractivity contribution in [1.29, 1.82) is 0 Å². The molecule has 0 bridgehead atoms. The third kappa shape index (κ3) is 2.40. The summed E-state index contributed by atoms with van der Waals surface area (Å²) < 4.78 is 38.0. The van der Waals surface area contributed by atoms with Crippen LogP contribution in [0.15, 0.2) is 24.4 Å². The molecule has 1 fully saturated rings. The third-order valence-corrected chi connectivity index (χ3v) is 3.35. The molecule has 0 amide bonds. The van der Waals surface area contributed by atoms with E-state index >= 15 is 0 Å². The Morgan fingerprint density at radius 1 is 1.26 bits per heavy atom. The SMILES string of the molecule is FC(F)(F)c1ccc2cnc(C3CCNC3)nc2c1. The molecule has 100 valence electrons. The average Bonchev–Trinajstić information content (AvgIpc) is 2.90. The van der Waals surface area contributed by atoms with Gasteiger partial charge in [0.15, 0.2) is 0 Å². The molecule has 1 aliphatic rings. The first kappa shape index (κ1) is 12.3. The second-order valence-electron chi connectivity index (χ2n) is 4.69. The van der Waals surface area contributed by atoms with E-state index in [-0.39, 0.29) is 5.92 Å². The molecule has 3 rings (SSSR count). The lowest BCUT2D eigenvalue weighted by molar-refractivity contribution is -0.137. The minimum absolute atomic E-state index is 0.193. The summed E-state index contributed by atoms with van der Waals surface area (Å²) >= 11 is 0. The van der Waals surface area contributed by atoms with Gasteiger partial charge < -0.3 is 5.32 Å². The van der Waals surface area contributed by atoms with Crippen molar-refractivity contribution in [3.63, 3.8) is 0 Å². The quantitative estimate of drug-likeness (QED) is 0.863. The number of alkyl halides is 3. The molecule has 19 heavy (non-hydrogen) atoms. The van der Waals surface area contributed by atoms with Crippen molar-refractivity contribution in [2.45, 2.75) is 18.5 Å². The first-order chi connectivity index (χ1) is 9.04. The molecule has 0 radical (unpaired) electrons. The fraction of sp³-hybridized carbons (Fsp3) is 0.385. The summed E-state index contributed by atoms with van der Waals surface area (Å²) in [4.78, 5) is 8.53. The van der Waals surface area contributed by atoms with E-state index in [0.29, 0.717) is 16.7 Å². The zero-order valence-corrected chi connectivity index (χ0v) is 10.0. The number of nitrogens with zero attached hydrogens (tertiary/aromatic N) is 2. The zero-order chi connectivity index (χ0) is 13.5. The lowest BCUT2D eigenvalue weighted by Gasteiger charge is -2.10. The molecule has 1 saturated heterocycles. The summed E-state index contributed by atoms with van der Waals surface area (Å²) in [5.41, 5.74) is -0.319. The van der Waals surface area contributed by atoms with Crippen molar-refractivity contribution in [3.8, 4) is 0 Å². The van der Waals surface area contributed by atoms with Crippen LogP contribution in [-0.2, 0) is 6.18 Å². The van der Waals surface area contributed by atoms with Gasteiger partial charge in [-0.05, 0) is 25.1 Å². The van der Waals surface area contributed by atoms with Crippen LogP contribution in [-0.4, -0.2) is 23.1 Å². The van der Waals surface area contributed by atoms with Gasteiger partial charge >= 0.3 is 6.18 Å². The Balaban J connectivity index is 2.04. The highest BCUT2D eigenvalue weighted by Crippen LogP contribution is 2.31. The largest absolute Gasteiger partial charge is 0.416 e. The zero-order valence-electron chi connectivity index (χ0n) is 10.0. The summed E-state index contributed by atoms with van der Waals surface area (Å²) in [6, 6.07) is 3.56. The van der Waals surface area contributed by atoms with Gasteiger partial charge in [-0.25, -0.2) is 9.97 Å². The Labute approximate surface area is 107 Å². The molecule has 1 unspecified atom stereocenters. The van der Waals surface area contributed by atoms with Crippen LogP contribution in [0, 0.1) is 0 Å². The highest BCUT2D eigenvalue weighted by atomic mass is 19.4. The summed E-state index contributed by atoms with van der Waals surface area (Å²) in [5.74, 6) is 0.816. The van der Waals surface area contributed by atoms with Gasteiger partial charge in [0, 0.05) is 24.0 Å². The van der Waals surface area contributed by atoms with Gasteiger partial charge in [-0.3, -0.25) is 0 Å². The van der Waals surface area contributed by atoms with Crippen molar-refractivity contribution in [1.82, 2.24) is 15.3 Å². The van der Waals surface area contributed by atoms with E-state index in [1.807, 2.05) is 0 Å². The maximum absolute atomic E-state index is 12.7. The van der Waals surface area contributed by atoms with Gasteiger partial charge in [0.25, 0.3) is 0 Å². The van der Waals surface area contributed by atoms with Crippen molar-refractivity contribution in [3.05, 3.63) is 35.8 Å². The molecular weight excluding hydrogens is 255 g/mol. The fourth-order valence-corrected chi connectivity index (χ4v) is 2.29. The van der Waals surface area contributed by atoms with E-state index in [0.717, 1.165) is 31.6 Å². The van der Waals surface area contributed by atoms with E-state index in [1.165, 1.54) is 6.07 Å². The Kier molecular flexibility index (Phi) is 2.89. The summed E-state index contributed by atoms with van der Waals surface area (Å²) in [7, 11) is 0. The van der Waals surface area contributed by atoms with Crippen LogP contribution in [0.3, 0.4) is 0 Å². The molecular formula is C13H12F3N3. The Hall–Kier alpha value is -1.69. The molecule has 1 aliphatic heterocycles. The fourth-order valence-electron chi connectivity index (χ4n) is 2.29. The highest BCUT2D eigenvalue weighted by Gasteiger charge is 2.30. The minimum atomic E-state index is -4.34. The van der Waals surface area contributed by atoms with E-state index in [1.54, 1.807) is 6.20 Å². The molecule has 1 aromatic heterocycles. The number of hydrogen-bond acceptors (Lipinski definition) is 3. The van der Waals surface area contributed by atoms with Crippen molar-refractivity contribution in [2.24, 2.45) is 0 Å². The number of rotatable bonds is 1. The smallest absolute Gasteiger partial charge is 0.316 e. The molecule has 1 aromatic carbocycles. The van der Waals surface area contributed by atoms with Crippen molar-refractivity contribution in [2.75, 3.05) is 13.1 Å². The van der Waals surface area contributed by atoms with Gasteiger partial charge in [-0.2, -0.15) is 13.2 Å². The van der Waals surface area contributed by atoms with E-state index in [9.17, 15) is 13.2 Å². The molecule has 2 aromatic rings. The average molecular weight is 267 g/mol. The molecule has 2 heterocycles. The Morgan fingerprint density at radius 3 is 2.79 bits per heavy atom. The number of aromatic nitrogens is 2. The molecule has 3 nitrogen and oxygen atoms in total. The number of benzene rings is 1. The number of hydrogen-bond donors (Lipinski definition) is 1. The minimum Gasteiger partial charge on any atom is -0.316 e. The predicted molar refractivity (Wildman–Crippen MR) is 64.8 cm³/mol. The number of fused-ring (bicyclic) bond motifs is 1. The maximum atomic E-state index is 12.7. The van der Waals surface area contributed by atoms with Crippen molar-refractivity contribution >= 4 is 10.9 Å². The first-order valence-corrected chi connectivity index (χ1v) is 6.08. The summed E-state index contributed by atoms with van der Waals surface area (Å²) in [6.07, 6.45) is -1.82. The lowest BCUT2D eigenvalue weighted by Crippen LogP contribution is -2.10. The van der Waals surface area contributed by atoms with Gasteiger partial charge in [-0.15, -0.1) is 0 Å². The highest BCUT2D eigenvalue weighted by molar-refractivity contribution is 5.78. The third-order valence-electron chi connectivity index (χ3n) is 3.35. The van der Waals surface area contributed by atoms with Gasteiger partial charge in [-0.1, -0.05) is 6.07 Å². The summed E-state index contributed by atoms with van der Waals surface area (Å²) in [6.45, 7) is 1.68. The van der Waals surface area contributed by atoms with Crippen LogP contribution in [0.2, 0.25) is 0 Å². The maximum Gasteiger partial charge on any atom is 0.416 e. The number of nitrogens with one attached hydrogen (secondary N) is 1. The number of halogens is 3. The van der Waals surface area contributed by atoms with Crippen LogP contribution in [0.1, 0.15) is 23.7 Å². The van der Waals surface area contributed by atoms with E-state index < -0.39 is 11.7 Å². The normalized spacial score (nSPS) is 20.1. The molecule has 1 atom stereocenters. The van der Waals surface area contributed by atoms with Gasteiger partial charge in [0.1, 0.15) is 5.82 Å². The molecule has 0 spiro atoms. The topological polar surface area (TPSA) is 37.8 Å². The van der Waals surface area contributed by atoms with Gasteiger partial charge in [0.05, 0.1) is 11.1 Å². The van der Waals surface area contributed by atoms with E-state index in [2.05, 4.69) is 15.3 Å². The standard InChI is InChI=1S/C13H12F3N3/c14-13(15,16)10-2-1-8-7-18-12(19-11(8)5-10)9-3-4-17-6-9/h1-2,5,7,9,17H,3-4,6H2. The molecule has 1 N–H and O–H groups in total. The summed E-state index contributed by atoms with van der Waals surface area (Å²) in [5, 5.41) is 3.82. The van der Waals surface area contributed by atoms with Crippen LogP contribution in [0.5, 0.6) is 0 Å². The molecule has 0 aliphatic carbocycles. The Morgan fingerprint density at radius 2 is 2.11 bits per heavy atom. The van der Waals surface area contributed by atoms with Gasteiger partial charge in [0.2, 0.25) is 0 Å². The van der Waals surface area contributed by atoms with E-state index in [4.69, 9.17) is 0 Å². The van der Waals surface area contributed by atoms with Crippen LogP contribution < -0.4 is 5.32 Å². The molecule has 0 saturated carbocycles. The predicted octanol–water partition coefficient (Wildman–Crippen LogP) is 2.73. The van der Waals surface area contributed by atoms with Crippen molar-refractivity contribution < 1.29 is 13.2 Å². The second-order valence-corrected chi connectivity index (χ2v) is 4.69. The first-order valence-electron chi connectivity index (χ1n) is 6.08. The monoisotopic (exact) mass is 267 g/mol. The van der Waals surface area contributed by atoms with Crippen LogP contribution >= 0.6 is 0 Å². The second kappa shape index (κ2) is 4.45. The Bertz CT molecular complexity index is 604. The molecule has 6 heteroatoms. The van der Waals surface area contributed by atoms with Crippen LogP contribution in [0.4, 0.5) is 13.2 Å². The lowest BCUT2D eigenvalue weighted by atomic mass is 10.1. The van der Waals surface area contributed by atoms with Crippen LogP contribution in [0.25, 0.3) is 10.9 Å².